The molecule has 0 saturated carbocycles. The summed E-state index contributed by atoms with van der Waals surface area (Å²) in [5, 5.41) is 5.20. The van der Waals surface area contributed by atoms with Crippen molar-refractivity contribution in [3.8, 4) is 0 Å². The van der Waals surface area contributed by atoms with E-state index in [9.17, 15) is 9.59 Å². The highest BCUT2D eigenvalue weighted by atomic mass is 32.1. The van der Waals surface area contributed by atoms with Gasteiger partial charge < -0.3 is 5.32 Å². The number of hydrogen-bond donors (Lipinski definition) is 1. The Morgan fingerprint density at radius 3 is 2.39 bits per heavy atom. The van der Waals surface area contributed by atoms with Gasteiger partial charge >= 0.3 is 0 Å². The third-order valence-corrected chi connectivity index (χ3v) is 5.70. The fourth-order valence-corrected chi connectivity index (χ4v) is 4.10. The van der Waals surface area contributed by atoms with Gasteiger partial charge in [-0.3, -0.25) is 9.59 Å². The van der Waals surface area contributed by atoms with Crippen molar-refractivity contribution >= 4 is 33.8 Å². The molecule has 0 atom stereocenters. The summed E-state index contributed by atoms with van der Waals surface area (Å²) in [5.41, 5.74) is 1.69. The Morgan fingerprint density at radius 1 is 0.786 bits per heavy atom. The number of fused-ring (bicyclic) bond motifs is 1. The minimum atomic E-state index is -0.0271. The van der Waals surface area contributed by atoms with Crippen LogP contribution in [0.15, 0.2) is 84.9 Å². The molecule has 4 aromatic rings. The molecule has 4 heteroatoms. The van der Waals surface area contributed by atoms with E-state index in [0.717, 1.165) is 21.2 Å². The first-order valence-corrected chi connectivity index (χ1v) is 9.94. The molecule has 3 aromatic carbocycles. The summed E-state index contributed by atoms with van der Waals surface area (Å²) < 4.78 is 0. The lowest BCUT2D eigenvalue weighted by atomic mass is 10.0. The van der Waals surface area contributed by atoms with Crippen LogP contribution < -0.4 is 5.32 Å². The van der Waals surface area contributed by atoms with Crippen molar-refractivity contribution in [1.29, 1.82) is 0 Å². The third kappa shape index (κ3) is 4.02. The van der Waals surface area contributed by atoms with Crippen LogP contribution >= 0.6 is 11.3 Å². The van der Waals surface area contributed by atoms with E-state index in [2.05, 4.69) is 5.32 Å². The fourth-order valence-electron chi connectivity index (χ4n) is 3.19. The van der Waals surface area contributed by atoms with Crippen molar-refractivity contribution < 1.29 is 9.59 Å². The van der Waals surface area contributed by atoms with Crippen LogP contribution in [-0.4, -0.2) is 11.7 Å². The first kappa shape index (κ1) is 18.1. The van der Waals surface area contributed by atoms with Gasteiger partial charge in [0.25, 0.3) is 0 Å². The van der Waals surface area contributed by atoms with E-state index in [4.69, 9.17) is 0 Å². The number of nitrogens with one attached hydrogen (secondary N) is 1. The molecule has 0 radical (unpaired) electrons. The van der Waals surface area contributed by atoms with Gasteiger partial charge in [0.15, 0.2) is 0 Å². The van der Waals surface area contributed by atoms with Crippen LogP contribution in [0.4, 0.5) is 0 Å². The SMILES string of the molecule is O=C(Cc1cccc2ccccc12)NCc1ccc(C(=O)c2ccccc2)s1. The number of carbonyl (C=O) groups is 2. The number of hydrogen-bond acceptors (Lipinski definition) is 3. The van der Waals surface area contributed by atoms with Gasteiger partial charge in [-0.2, -0.15) is 0 Å². The standard InChI is InChI=1S/C24H19NO2S/c26-23(15-19-11-6-10-17-7-4-5-12-21(17)19)25-16-20-13-14-22(28-20)24(27)18-8-2-1-3-9-18/h1-14H,15-16H2,(H,25,26). The van der Waals surface area contributed by atoms with E-state index in [1.54, 1.807) is 0 Å². The van der Waals surface area contributed by atoms with E-state index in [0.29, 0.717) is 23.4 Å². The molecule has 0 aliphatic rings. The second kappa shape index (κ2) is 8.19. The molecule has 0 saturated heterocycles. The lowest BCUT2D eigenvalue weighted by molar-refractivity contribution is -0.120. The van der Waals surface area contributed by atoms with Crippen LogP contribution in [0.25, 0.3) is 10.8 Å². The predicted octanol–water partition coefficient (Wildman–Crippen LogP) is 4.99. The second-order valence-electron chi connectivity index (χ2n) is 6.55. The average molecular weight is 385 g/mol. The zero-order valence-electron chi connectivity index (χ0n) is 15.2. The molecule has 0 spiro atoms. The van der Waals surface area contributed by atoms with Crippen molar-refractivity contribution in [3.05, 3.63) is 106 Å². The largest absolute Gasteiger partial charge is 0.351 e. The lowest BCUT2D eigenvalue weighted by Crippen LogP contribution is -2.24. The Labute approximate surface area is 167 Å². The van der Waals surface area contributed by atoms with Crippen molar-refractivity contribution in [2.45, 2.75) is 13.0 Å². The van der Waals surface area contributed by atoms with E-state index < -0.39 is 0 Å². The van der Waals surface area contributed by atoms with Crippen LogP contribution in [-0.2, 0) is 17.8 Å². The molecule has 1 aromatic heterocycles. The number of rotatable bonds is 6. The van der Waals surface area contributed by atoms with Crippen molar-refractivity contribution in [3.63, 3.8) is 0 Å². The molecule has 0 aliphatic carbocycles. The summed E-state index contributed by atoms with van der Waals surface area (Å²) in [5.74, 6) is -0.0142. The van der Waals surface area contributed by atoms with Crippen molar-refractivity contribution in [2.75, 3.05) is 0 Å². The Bertz CT molecular complexity index is 1130. The van der Waals surface area contributed by atoms with Crippen LogP contribution in [0.2, 0.25) is 0 Å². The number of ketones is 1. The fraction of sp³-hybridized carbons (Fsp3) is 0.0833. The van der Waals surface area contributed by atoms with Gasteiger partial charge in [-0.1, -0.05) is 72.8 Å². The van der Waals surface area contributed by atoms with Gasteiger partial charge in [0.2, 0.25) is 11.7 Å². The first-order valence-electron chi connectivity index (χ1n) is 9.12. The Morgan fingerprint density at radius 2 is 1.54 bits per heavy atom. The molecule has 138 valence electrons. The monoisotopic (exact) mass is 385 g/mol. The molecule has 0 bridgehead atoms. The van der Waals surface area contributed by atoms with Crippen LogP contribution in [0.5, 0.6) is 0 Å². The van der Waals surface area contributed by atoms with Gasteiger partial charge in [-0.05, 0) is 28.5 Å². The number of carbonyl (C=O) groups excluding carboxylic acids is 2. The minimum Gasteiger partial charge on any atom is -0.351 e. The number of thiophene rings is 1. The Hall–Kier alpha value is -3.24. The quantitative estimate of drug-likeness (QED) is 0.475. The predicted molar refractivity (Wildman–Crippen MR) is 114 cm³/mol. The zero-order valence-corrected chi connectivity index (χ0v) is 16.0. The van der Waals surface area contributed by atoms with Gasteiger partial charge in [0.05, 0.1) is 17.8 Å². The third-order valence-electron chi connectivity index (χ3n) is 4.61. The van der Waals surface area contributed by atoms with E-state index >= 15 is 0 Å². The summed E-state index contributed by atoms with van der Waals surface area (Å²) in [6.45, 7) is 0.427. The maximum atomic E-state index is 12.5. The molecule has 1 heterocycles. The lowest BCUT2D eigenvalue weighted by Gasteiger charge is -2.07. The van der Waals surface area contributed by atoms with Gasteiger partial charge in [-0.25, -0.2) is 0 Å². The molecule has 0 fully saturated rings. The summed E-state index contributed by atoms with van der Waals surface area (Å²) in [6, 6.07) is 27.0. The molecular weight excluding hydrogens is 366 g/mol. The molecule has 1 N–H and O–H groups in total. The van der Waals surface area contributed by atoms with Crippen molar-refractivity contribution in [1.82, 2.24) is 5.32 Å². The Balaban J connectivity index is 1.39. The summed E-state index contributed by atoms with van der Waals surface area (Å²) >= 11 is 1.42. The molecule has 1 amide bonds. The molecule has 3 nitrogen and oxygen atoms in total. The maximum Gasteiger partial charge on any atom is 0.224 e. The van der Waals surface area contributed by atoms with E-state index in [-0.39, 0.29) is 11.7 Å². The number of benzene rings is 3. The topological polar surface area (TPSA) is 46.2 Å². The number of amides is 1. The summed E-state index contributed by atoms with van der Waals surface area (Å²) in [7, 11) is 0. The molecule has 0 aliphatic heterocycles. The molecule has 28 heavy (non-hydrogen) atoms. The van der Waals surface area contributed by atoms with Gasteiger partial charge in [0.1, 0.15) is 0 Å². The van der Waals surface area contributed by atoms with E-state index in [1.807, 2.05) is 84.9 Å². The molecule has 0 unspecified atom stereocenters. The Kier molecular flexibility index (Phi) is 5.31. The van der Waals surface area contributed by atoms with Crippen LogP contribution in [0.1, 0.15) is 25.7 Å². The highest BCUT2D eigenvalue weighted by Crippen LogP contribution is 2.21. The smallest absolute Gasteiger partial charge is 0.224 e. The highest BCUT2D eigenvalue weighted by Gasteiger charge is 2.12. The summed E-state index contributed by atoms with van der Waals surface area (Å²) in [6.07, 6.45) is 0.336. The summed E-state index contributed by atoms with van der Waals surface area (Å²) in [4.78, 5) is 26.6. The van der Waals surface area contributed by atoms with Crippen LogP contribution in [0, 0.1) is 0 Å². The van der Waals surface area contributed by atoms with Gasteiger partial charge in [-0.15, -0.1) is 11.3 Å². The first-order chi connectivity index (χ1) is 13.7. The minimum absolute atomic E-state index is 0.0129. The maximum absolute atomic E-state index is 12.5. The average Bonchev–Trinajstić information content (AvgIpc) is 3.22. The highest BCUT2D eigenvalue weighted by molar-refractivity contribution is 7.14. The van der Waals surface area contributed by atoms with E-state index in [1.165, 1.54) is 11.3 Å². The van der Waals surface area contributed by atoms with Gasteiger partial charge in [0, 0.05) is 10.4 Å². The molecule has 4 rings (SSSR count). The zero-order chi connectivity index (χ0) is 19.3. The second-order valence-corrected chi connectivity index (χ2v) is 7.72. The normalized spacial score (nSPS) is 10.7. The van der Waals surface area contributed by atoms with Crippen LogP contribution in [0.3, 0.4) is 0 Å². The van der Waals surface area contributed by atoms with Crippen molar-refractivity contribution in [2.24, 2.45) is 0 Å². The molecular formula is C24H19NO2S.